The van der Waals surface area contributed by atoms with E-state index in [-0.39, 0.29) is 17.2 Å². The van der Waals surface area contributed by atoms with Crippen molar-refractivity contribution in [3.05, 3.63) is 41.2 Å². The molecule has 23 heavy (non-hydrogen) atoms. The molecule has 0 saturated carbocycles. The highest BCUT2D eigenvalue weighted by molar-refractivity contribution is 7.99. The highest BCUT2D eigenvalue weighted by Crippen LogP contribution is 2.30. The number of rotatable bonds is 4. The van der Waals surface area contributed by atoms with Gasteiger partial charge in [-0.2, -0.15) is 0 Å². The number of benzene rings is 1. The molecule has 2 aromatic rings. The van der Waals surface area contributed by atoms with E-state index in [2.05, 4.69) is 15.6 Å². The van der Waals surface area contributed by atoms with Gasteiger partial charge in [-0.15, -0.1) is 0 Å². The second-order valence-corrected chi connectivity index (χ2v) is 7.32. The predicted octanol–water partition coefficient (Wildman–Crippen LogP) is 3.10. The van der Waals surface area contributed by atoms with Crippen LogP contribution in [0.15, 0.2) is 45.0 Å². The molecule has 0 aliphatic carbocycles. The predicted molar refractivity (Wildman–Crippen MR) is 87.9 cm³/mol. The topological polar surface area (TPSA) is 67.2 Å². The van der Waals surface area contributed by atoms with E-state index < -0.39 is 0 Å². The Labute approximate surface area is 143 Å². The quantitative estimate of drug-likeness (QED) is 0.887. The molecule has 2 fully saturated rings. The van der Waals surface area contributed by atoms with Crippen molar-refractivity contribution in [2.24, 2.45) is 0 Å². The Morgan fingerprint density at radius 1 is 1.35 bits per heavy atom. The van der Waals surface area contributed by atoms with Crippen LogP contribution in [0.25, 0.3) is 0 Å². The Morgan fingerprint density at radius 3 is 2.78 bits per heavy atom. The summed E-state index contributed by atoms with van der Waals surface area (Å²) in [6.45, 7) is 0. The van der Waals surface area contributed by atoms with Crippen LogP contribution in [0.2, 0.25) is 5.22 Å². The minimum absolute atomic E-state index is 0.0138. The van der Waals surface area contributed by atoms with Crippen molar-refractivity contribution in [3.8, 4) is 0 Å². The third-order valence-corrected chi connectivity index (χ3v) is 5.44. The maximum atomic E-state index is 12.4. The Kier molecular flexibility index (Phi) is 4.05. The fourth-order valence-corrected chi connectivity index (χ4v) is 4.18. The highest BCUT2D eigenvalue weighted by Gasteiger charge is 2.39. The van der Waals surface area contributed by atoms with Gasteiger partial charge in [-0.3, -0.25) is 4.79 Å². The van der Waals surface area contributed by atoms with Gasteiger partial charge in [0.1, 0.15) is 0 Å². The monoisotopic (exact) mass is 349 g/mol. The normalized spacial score (nSPS) is 25.7. The van der Waals surface area contributed by atoms with E-state index in [0.717, 1.165) is 17.7 Å². The number of hydrogen-bond acceptors (Lipinski definition) is 5. The van der Waals surface area contributed by atoms with E-state index in [4.69, 9.17) is 16.0 Å². The van der Waals surface area contributed by atoms with E-state index in [1.54, 1.807) is 0 Å². The zero-order chi connectivity index (χ0) is 15.8. The molecular weight excluding hydrogens is 334 g/mol. The molecule has 2 aliphatic rings. The van der Waals surface area contributed by atoms with Crippen molar-refractivity contribution in [1.82, 2.24) is 15.6 Å². The lowest BCUT2D eigenvalue weighted by molar-refractivity contribution is 0.0931. The van der Waals surface area contributed by atoms with Gasteiger partial charge < -0.3 is 15.1 Å². The minimum atomic E-state index is -0.0138. The van der Waals surface area contributed by atoms with Crippen molar-refractivity contribution in [2.45, 2.75) is 47.5 Å². The first kappa shape index (κ1) is 15.1. The number of amides is 1. The Hall–Kier alpha value is -1.50. The van der Waals surface area contributed by atoms with Crippen molar-refractivity contribution in [1.29, 1.82) is 0 Å². The van der Waals surface area contributed by atoms with Crippen LogP contribution in [0, 0.1) is 0 Å². The number of fused-ring (bicyclic) bond motifs is 2. The van der Waals surface area contributed by atoms with Gasteiger partial charge in [-0.1, -0.05) is 0 Å². The van der Waals surface area contributed by atoms with Gasteiger partial charge in [-0.05, 0) is 66.9 Å². The fraction of sp³-hybridized carbons (Fsp3) is 0.375. The smallest absolute Gasteiger partial charge is 0.261 e. The van der Waals surface area contributed by atoms with Crippen molar-refractivity contribution in [3.63, 3.8) is 0 Å². The summed E-state index contributed by atoms with van der Waals surface area (Å²) >= 11 is 7.07. The molecule has 1 aromatic heterocycles. The minimum Gasteiger partial charge on any atom is -0.419 e. The molecule has 7 heteroatoms. The number of halogens is 1. The molecule has 2 N–H and O–H groups in total. The summed E-state index contributed by atoms with van der Waals surface area (Å²) in [6.07, 6.45) is 4.89. The molecule has 3 heterocycles. The van der Waals surface area contributed by atoms with Gasteiger partial charge >= 0.3 is 0 Å². The van der Waals surface area contributed by atoms with Crippen LogP contribution < -0.4 is 10.6 Å². The van der Waals surface area contributed by atoms with E-state index in [9.17, 15) is 4.79 Å². The van der Waals surface area contributed by atoms with Crippen LogP contribution in [0.3, 0.4) is 0 Å². The number of hydrogen-bond donors (Lipinski definition) is 2. The van der Waals surface area contributed by atoms with Gasteiger partial charge in [-0.25, -0.2) is 4.98 Å². The van der Waals surface area contributed by atoms with Crippen molar-refractivity contribution >= 4 is 29.3 Å². The SMILES string of the molecule is O=C(NC1CC2CCC1N2)c1ccc(Sc2ncc(Cl)o2)cc1. The molecule has 0 radical (unpaired) electrons. The molecule has 3 unspecified atom stereocenters. The molecule has 2 aliphatic heterocycles. The van der Waals surface area contributed by atoms with Crippen LogP contribution in [-0.2, 0) is 0 Å². The maximum Gasteiger partial charge on any atom is 0.261 e. The number of nitrogens with zero attached hydrogens (tertiary/aromatic N) is 1. The lowest BCUT2D eigenvalue weighted by atomic mass is 9.95. The number of carbonyl (C=O) groups is 1. The molecule has 5 nitrogen and oxygen atoms in total. The third-order valence-electron chi connectivity index (χ3n) is 4.39. The van der Waals surface area contributed by atoms with Gasteiger partial charge in [0.2, 0.25) is 5.22 Å². The molecule has 1 aromatic carbocycles. The second-order valence-electron chi connectivity index (χ2n) is 5.92. The number of carbonyl (C=O) groups excluding carboxylic acids is 1. The lowest BCUT2D eigenvalue weighted by Gasteiger charge is -2.21. The van der Waals surface area contributed by atoms with Crippen molar-refractivity contribution < 1.29 is 9.21 Å². The summed E-state index contributed by atoms with van der Waals surface area (Å²) in [6, 6.07) is 8.69. The van der Waals surface area contributed by atoms with Crippen LogP contribution in [0.1, 0.15) is 29.6 Å². The van der Waals surface area contributed by atoms with Crippen LogP contribution in [0.5, 0.6) is 0 Å². The summed E-state index contributed by atoms with van der Waals surface area (Å²) in [5, 5.41) is 7.42. The van der Waals surface area contributed by atoms with E-state index in [0.29, 0.717) is 22.9 Å². The zero-order valence-electron chi connectivity index (χ0n) is 12.3. The average Bonchev–Trinajstić information content (AvgIpc) is 3.25. The average molecular weight is 350 g/mol. The van der Waals surface area contributed by atoms with E-state index >= 15 is 0 Å². The van der Waals surface area contributed by atoms with Crippen LogP contribution in [-0.4, -0.2) is 29.0 Å². The second kappa shape index (κ2) is 6.19. The molecule has 3 atom stereocenters. The van der Waals surface area contributed by atoms with E-state index in [1.165, 1.54) is 24.4 Å². The zero-order valence-corrected chi connectivity index (χ0v) is 13.9. The molecular formula is C16H16ClN3O2S. The number of aromatic nitrogens is 1. The molecule has 4 rings (SSSR count). The molecule has 0 spiro atoms. The van der Waals surface area contributed by atoms with E-state index in [1.807, 2.05) is 24.3 Å². The fourth-order valence-electron chi connectivity index (χ4n) is 3.30. The maximum absolute atomic E-state index is 12.4. The summed E-state index contributed by atoms with van der Waals surface area (Å²) in [4.78, 5) is 17.3. The standard InChI is InChI=1S/C16H16ClN3O2S/c17-14-8-18-16(22-14)23-11-4-1-9(2-5-11)15(21)20-13-7-10-3-6-12(13)19-10/h1-2,4-5,8,10,12-13,19H,3,6-7H2,(H,20,21). The third kappa shape index (κ3) is 3.24. The first-order valence-electron chi connectivity index (χ1n) is 7.63. The molecule has 2 bridgehead atoms. The lowest BCUT2D eigenvalue weighted by Crippen LogP contribution is -2.42. The highest BCUT2D eigenvalue weighted by atomic mass is 35.5. The molecule has 120 valence electrons. The van der Waals surface area contributed by atoms with Gasteiger partial charge in [0, 0.05) is 28.6 Å². The van der Waals surface area contributed by atoms with Gasteiger partial charge in [0.05, 0.1) is 6.20 Å². The molecule has 1 amide bonds. The van der Waals surface area contributed by atoms with Crippen LogP contribution >= 0.6 is 23.4 Å². The van der Waals surface area contributed by atoms with Gasteiger partial charge in [0.15, 0.2) is 0 Å². The van der Waals surface area contributed by atoms with Crippen LogP contribution in [0.4, 0.5) is 0 Å². The summed E-state index contributed by atoms with van der Waals surface area (Å²) in [7, 11) is 0. The largest absolute Gasteiger partial charge is 0.419 e. The summed E-state index contributed by atoms with van der Waals surface area (Å²) < 4.78 is 5.21. The Balaban J connectivity index is 1.38. The summed E-state index contributed by atoms with van der Waals surface area (Å²) in [5.74, 6) is -0.0138. The number of nitrogens with one attached hydrogen (secondary N) is 2. The van der Waals surface area contributed by atoms with Gasteiger partial charge in [0.25, 0.3) is 11.1 Å². The number of oxazole rings is 1. The Bertz CT molecular complexity index is 718. The molecule has 2 saturated heterocycles. The first-order valence-corrected chi connectivity index (χ1v) is 8.83. The summed E-state index contributed by atoms with van der Waals surface area (Å²) in [5.41, 5.74) is 0.669. The Morgan fingerprint density at radius 2 is 2.17 bits per heavy atom. The van der Waals surface area contributed by atoms with Crippen molar-refractivity contribution in [2.75, 3.05) is 0 Å². The first-order chi connectivity index (χ1) is 11.2.